The summed E-state index contributed by atoms with van der Waals surface area (Å²) in [4.78, 5) is 0. The summed E-state index contributed by atoms with van der Waals surface area (Å²) in [5.74, 6) is 0. The summed E-state index contributed by atoms with van der Waals surface area (Å²) >= 11 is 0. The van der Waals surface area contributed by atoms with E-state index in [4.69, 9.17) is 8.85 Å². The Bertz CT molecular complexity index is 172. The first-order valence-electron chi connectivity index (χ1n) is 6.51. The van der Waals surface area contributed by atoms with Gasteiger partial charge < -0.3 is 8.85 Å². The van der Waals surface area contributed by atoms with Crippen LogP contribution in [-0.2, 0) is 8.85 Å². The van der Waals surface area contributed by atoms with Gasteiger partial charge in [0.15, 0.2) is 0 Å². The van der Waals surface area contributed by atoms with Crippen LogP contribution in [0.2, 0.25) is 6.04 Å². The number of hydrogen-bond acceptors (Lipinski definition) is 3. The highest BCUT2D eigenvalue weighted by Crippen LogP contribution is 2.24. The number of hydrogen-bond donors (Lipinski definition) is 0. The Labute approximate surface area is 102 Å². The van der Waals surface area contributed by atoms with E-state index in [0.29, 0.717) is 12.1 Å². The Kier molecular flexibility index (Phi) is 7.47. The lowest BCUT2D eigenvalue weighted by atomic mass is 10.3. The predicted molar refractivity (Wildman–Crippen MR) is 71.6 cm³/mol. The zero-order chi connectivity index (χ0) is 12.8. The second kappa shape index (κ2) is 7.43. The van der Waals surface area contributed by atoms with Crippen LogP contribution >= 0.6 is 0 Å². The summed E-state index contributed by atoms with van der Waals surface area (Å²) in [6.45, 7) is 16.6. The molecule has 0 aromatic heterocycles. The van der Waals surface area contributed by atoms with Gasteiger partial charge in [0.2, 0.25) is 0 Å². The van der Waals surface area contributed by atoms with Gasteiger partial charge in [-0.3, -0.25) is 4.57 Å². The van der Waals surface area contributed by atoms with Crippen molar-refractivity contribution in [2.45, 2.75) is 66.6 Å². The standard InChI is InChI=1S/C12H29NO2Si/c1-8-14-16(10-3,15-9-2)13(11(4)5)12(6)7/h11-12H,8-10H2,1-7H3. The quantitative estimate of drug-likeness (QED) is 0.615. The molecule has 0 aliphatic heterocycles. The first-order valence-corrected chi connectivity index (χ1v) is 8.48. The van der Waals surface area contributed by atoms with E-state index in [1.807, 2.05) is 0 Å². The molecular weight excluding hydrogens is 218 g/mol. The van der Waals surface area contributed by atoms with E-state index < -0.39 is 8.72 Å². The fourth-order valence-corrected chi connectivity index (χ4v) is 6.04. The third-order valence-electron chi connectivity index (χ3n) is 2.69. The van der Waals surface area contributed by atoms with Crippen LogP contribution in [0.4, 0.5) is 0 Å². The van der Waals surface area contributed by atoms with Crippen molar-refractivity contribution in [3.05, 3.63) is 0 Å². The molecule has 0 aromatic rings. The molecule has 0 aliphatic carbocycles. The molecule has 0 saturated carbocycles. The minimum absolute atomic E-state index is 0.463. The van der Waals surface area contributed by atoms with Gasteiger partial charge in [0.25, 0.3) is 0 Å². The zero-order valence-corrected chi connectivity index (χ0v) is 13.0. The highest BCUT2D eigenvalue weighted by atomic mass is 28.4. The van der Waals surface area contributed by atoms with Crippen LogP contribution in [0.3, 0.4) is 0 Å². The molecular formula is C12H29NO2Si. The summed E-state index contributed by atoms with van der Waals surface area (Å²) in [5, 5.41) is 0. The summed E-state index contributed by atoms with van der Waals surface area (Å²) < 4.78 is 14.5. The molecule has 0 atom stereocenters. The maximum atomic E-state index is 6.05. The van der Waals surface area contributed by atoms with Crippen LogP contribution in [-0.4, -0.2) is 38.6 Å². The van der Waals surface area contributed by atoms with Crippen molar-refractivity contribution in [3.63, 3.8) is 0 Å². The van der Waals surface area contributed by atoms with Crippen molar-refractivity contribution in [2.75, 3.05) is 13.2 Å². The molecule has 0 radical (unpaired) electrons. The van der Waals surface area contributed by atoms with Crippen LogP contribution in [0.25, 0.3) is 0 Å². The number of nitrogens with zero attached hydrogens (tertiary/aromatic N) is 1. The first-order chi connectivity index (χ1) is 7.45. The Balaban J connectivity index is 5.06. The van der Waals surface area contributed by atoms with E-state index in [1.165, 1.54) is 0 Å². The Hall–Kier alpha value is 0.0969. The van der Waals surface area contributed by atoms with Gasteiger partial charge in [0, 0.05) is 31.3 Å². The zero-order valence-electron chi connectivity index (χ0n) is 12.0. The average molecular weight is 247 g/mol. The van der Waals surface area contributed by atoms with Gasteiger partial charge in [-0.25, -0.2) is 0 Å². The average Bonchev–Trinajstić information content (AvgIpc) is 2.17. The van der Waals surface area contributed by atoms with Crippen molar-refractivity contribution in [1.29, 1.82) is 0 Å². The molecule has 4 heteroatoms. The lowest BCUT2D eigenvalue weighted by Gasteiger charge is -2.44. The van der Waals surface area contributed by atoms with Gasteiger partial charge in [-0.15, -0.1) is 0 Å². The minimum atomic E-state index is -2.19. The van der Waals surface area contributed by atoms with Crippen LogP contribution in [0.1, 0.15) is 48.5 Å². The molecule has 0 amide bonds. The van der Waals surface area contributed by atoms with Gasteiger partial charge in [0.1, 0.15) is 0 Å². The summed E-state index contributed by atoms with van der Waals surface area (Å²) in [6, 6.07) is 1.90. The Morgan fingerprint density at radius 2 is 1.25 bits per heavy atom. The topological polar surface area (TPSA) is 21.7 Å². The van der Waals surface area contributed by atoms with E-state index in [-0.39, 0.29) is 0 Å². The molecule has 0 spiro atoms. The molecule has 0 fully saturated rings. The third-order valence-corrected chi connectivity index (χ3v) is 6.89. The predicted octanol–water partition coefficient (Wildman–Crippen LogP) is 3.14. The summed E-state index contributed by atoms with van der Waals surface area (Å²) in [7, 11) is -2.19. The van der Waals surface area contributed by atoms with E-state index in [1.54, 1.807) is 0 Å². The largest absolute Gasteiger partial charge is 0.427 e. The maximum Gasteiger partial charge on any atom is 0.427 e. The van der Waals surface area contributed by atoms with Crippen LogP contribution in [0.15, 0.2) is 0 Å². The van der Waals surface area contributed by atoms with E-state index in [2.05, 4.69) is 53.0 Å². The van der Waals surface area contributed by atoms with Crippen LogP contribution < -0.4 is 0 Å². The summed E-state index contributed by atoms with van der Waals surface area (Å²) in [5.41, 5.74) is 0. The second-order valence-electron chi connectivity index (χ2n) is 4.53. The second-order valence-corrected chi connectivity index (χ2v) is 7.75. The van der Waals surface area contributed by atoms with E-state index >= 15 is 0 Å². The molecule has 3 nitrogen and oxygen atoms in total. The molecule has 0 bridgehead atoms. The van der Waals surface area contributed by atoms with E-state index in [9.17, 15) is 0 Å². The third kappa shape index (κ3) is 3.84. The fourth-order valence-electron chi connectivity index (χ4n) is 2.41. The lowest BCUT2D eigenvalue weighted by molar-refractivity contribution is 0.0933. The van der Waals surface area contributed by atoms with Crippen molar-refractivity contribution < 1.29 is 8.85 Å². The van der Waals surface area contributed by atoms with Crippen molar-refractivity contribution in [3.8, 4) is 0 Å². The minimum Gasteiger partial charge on any atom is -0.383 e. The van der Waals surface area contributed by atoms with Gasteiger partial charge in [0.05, 0.1) is 0 Å². The Morgan fingerprint density at radius 3 is 1.44 bits per heavy atom. The summed E-state index contributed by atoms with van der Waals surface area (Å²) in [6.07, 6.45) is 0. The SMILES string of the molecule is CCO[Si](CC)(OCC)N(C(C)C)C(C)C. The van der Waals surface area contributed by atoms with Crippen LogP contribution in [0, 0.1) is 0 Å². The highest BCUT2D eigenvalue weighted by molar-refractivity contribution is 6.64. The number of rotatable bonds is 8. The lowest BCUT2D eigenvalue weighted by Crippen LogP contribution is -2.63. The van der Waals surface area contributed by atoms with Gasteiger partial charge in [-0.1, -0.05) is 34.6 Å². The molecule has 0 unspecified atom stereocenters. The smallest absolute Gasteiger partial charge is 0.383 e. The molecule has 0 rings (SSSR count). The van der Waals surface area contributed by atoms with Crippen molar-refractivity contribution in [1.82, 2.24) is 4.57 Å². The monoisotopic (exact) mass is 247 g/mol. The highest BCUT2D eigenvalue weighted by Gasteiger charge is 2.45. The van der Waals surface area contributed by atoms with E-state index in [0.717, 1.165) is 19.3 Å². The van der Waals surface area contributed by atoms with Gasteiger partial charge in [-0.2, -0.15) is 0 Å². The molecule has 0 aliphatic rings. The van der Waals surface area contributed by atoms with Gasteiger partial charge in [-0.05, 0) is 13.8 Å². The molecule has 98 valence electrons. The van der Waals surface area contributed by atoms with Crippen molar-refractivity contribution >= 4 is 8.72 Å². The molecule has 0 aromatic carbocycles. The fraction of sp³-hybridized carbons (Fsp3) is 1.00. The van der Waals surface area contributed by atoms with Crippen LogP contribution in [0.5, 0.6) is 0 Å². The molecule has 16 heavy (non-hydrogen) atoms. The van der Waals surface area contributed by atoms with Gasteiger partial charge >= 0.3 is 8.72 Å². The first kappa shape index (κ1) is 16.1. The van der Waals surface area contributed by atoms with Crippen molar-refractivity contribution in [2.24, 2.45) is 0 Å². The normalized spacial score (nSPS) is 13.1. The maximum absolute atomic E-state index is 6.05. The molecule has 0 N–H and O–H groups in total. The molecule has 0 saturated heterocycles. The molecule has 0 heterocycles. The Morgan fingerprint density at radius 1 is 0.875 bits per heavy atom.